The molecule has 0 saturated heterocycles. The van der Waals surface area contributed by atoms with Crippen LogP contribution in [-0.4, -0.2) is 196 Å². The van der Waals surface area contributed by atoms with E-state index in [1.54, 1.807) is 135 Å². The lowest BCUT2D eigenvalue weighted by molar-refractivity contribution is -0.146. The smallest absolute Gasteiger partial charge is 0.313 e. The Bertz CT molecular complexity index is 5370. The number of methoxy groups -OCH3 is 4. The Balaban J connectivity index is 0.000000190. The average molecular weight is 1890 g/mol. The Morgan fingerprint density at radius 2 is 0.543 bits per heavy atom. The van der Waals surface area contributed by atoms with Gasteiger partial charge in [-0.05, 0) is 177 Å². The molecule has 0 aliphatic heterocycles. The zero-order valence-corrected chi connectivity index (χ0v) is 79.0. The van der Waals surface area contributed by atoms with Gasteiger partial charge in [-0.2, -0.15) is 0 Å². The molecule has 8 aromatic carbocycles. The molecule has 33 nitrogen and oxygen atoms in total. The van der Waals surface area contributed by atoms with Crippen molar-refractivity contribution in [1.29, 1.82) is 0 Å². The molecule has 12 N–H and O–H groups in total. The minimum Gasteiger partial charge on any atom is -0.497 e. The van der Waals surface area contributed by atoms with Gasteiger partial charge >= 0.3 is 5.91 Å². The van der Waals surface area contributed by atoms with E-state index in [0.717, 1.165) is 86.5 Å². The number of hydroxylamine groups is 1. The van der Waals surface area contributed by atoms with E-state index in [2.05, 4.69) is 63.3 Å². The average Bonchev–Trinajstić information content (AvgIpc) is 1.19. The first-order chi connectivity index (χ1) is 66.4. The van der Waals surface area contributed by atoms with Crippen molar-refractivity contribution < 1.29 is 100 Å². The quantitative estimate of drug-likeness (QED) is 0.0126. The topological polar surface area (TPSA) is 464 Å². The summed E-state index contributed by atoms with van der Waals surface area (Å²) < 4.78 is 20.7. The molecule has 0 heterocycles. The summed E-state index contributed by atoms with van der Waals surface area (Å²) in [5.41, 5.74) is 6.63. The molecular formula is C105H124N12O21. The third kappa shape index (κ3) is 35.2. The van der Waals surface area contributed by atoms with Crippen LogP contribution in [0, 0.1) is 23.7 Å². The molecule has 5 aliphatic rings. The monoisotopic (exact) mass is 1890 g/mol. The van der Waals surface area contributed by atoms with Gasteiger partial charge in [0, 0.05) is 66.1 Å². The second-order valence-electron chi connectivity index (χ2n) is 35.5. The van der Waals surface area contributed by atoms with Crippen LogP contribution in [0.2, 0.25) is 0 Å². The molecule has 0 spiro atoms. The molecule has 5 aliphatic carbocycles. The number of rotatable bonds is 47. The van der Waals surface area contributed by atoms with Gasteiger partial charge in [-0.3, -0.25) is 81.6 Å². The van der Waals surface area contributed by atoms with Gasteiger partial charge in [0.05, 0.1) is 35.5 Å². The molecule has 5 unspecified atom stereocenters. The Labute approximate surface area is 802 Å². The van der Waals surface area contributed by atoms with Crippen molar-refractivity contribution in [3.63, 3.8) is 0 Å². The van der Waals surface area contributed by atoms with Crippen LogP contribution in [0.4, 0.5) is 0 Å². The van der Waals surface area contributed by atoms with Crippen LogP contribution in [-0.2, 0) is 88.1 Å². The van der Waals surface area contributed by atoms with Crippen molar-refractivity contribution in [1.82, 2.24) is 64.0 Å². The number of Topliss-reactive ketones (excluding diaryl/α,β-unsaturated/α-hetero) is 4. The van der Waals surface area contributed by atoms with Gasteiger partial charge in [0.25, 0.3) is 41.4 Å². The number of benzene rings is 8. The zero-order valence-electron chi connectivity index (χ0n) is 79.0. The fourth-order valence-electron chi connectivity index (χ4n) is 14.6. The molecular weight excluding hydrogens is 1770 g/mol. The number of carbonyl (C=O) groups excluding carboxylic acids is 16. The summed E-state index contributed by atoms with van der Waals surface area (Å²) in [6.07, 6.45) is 11.0. The van der Waals surface area contributed by atoms with E-state index in [9.17, 15) is 76.7 Å². The minimum atomic E-state index is -1.12. The maximum atomic E-state index is 13.3. The summed E-state index contributed by atoms with van der Waals surface area (Å²) in [6.45, 7) is 7.47. The van der Waals surface area contributed by atoms with Crippen LogP contribution in [0.15, 0.2) is 218 Å². The highest BCUT2D eigenvalue weighted by Crippen LogP contribution is 2.35. The standard InChI is InChI=1S/C27H31N3O5.C27H33N3O5.C26H31N3O5.C25H29N3O6/c1-35-21-9-5-8-19(16-21)25(32)30-23(15-18-10-11-18)26(33)29-22(14-17-6-3-2-4-7-17)24(31)27(34)28-20-12-13-20;1-17(2)14-23(30-25(32)19-10-7-11-21(16-19)35-3)26(33)29-22(15-18-8-5-4-6-9-18)24(31)27(34)28-20-12-13-20;1-16(2)22(29-24(31)18-10-7-11-20(15-18)34-3)25(32)28-21(14-17-8-5-4-6-9-17)23(30)26(33)27-19-12-13-19;1-33-19-10-6-9-18(15-19)23(30)27-21(14-17-11-12-17)24(31)26-20(22(29)25(32)28-34-2)13-16-7-4-3-5-8-16/h2-9,16,18,20,22-23H,10-15H2,1H3,(H,28,34)(H,29,33)(H,30,32);4-11,16-17,20,22-23H,12-15H2,1-3H3,(H,28,34)(H,29,33)(H,30,32);4-11,15-16,19,21-22H,12-14H2,1-3H3,(H,27,33)(H,28,32)(H,29,31);3-10,15,17,20-21H,11-14H2,1-2H3,(H,26,31)(H,27,30)(H,28,32)/t2*22?,23-;;20?,21-/m00.0/s1. The SMILES string of the molecule is CONC(=O)C(=O)C(Cc1ccccc1)NC(=O)[C@H](CC1CC1)NC(=O)c1cccc(OC)c1.COc1cccc(C(=O)NC(C(=O)NC(Cc2ccccc2)C(=O)C(=O)NC2CC2)C(C)C)c1.COc1cccc(C(=O)N[C@@H](CC(C)C)C(=O)NC(Cc2ccccc2)C(=O)C(=O)NC2CC2)c1.COc1cccc(C(=O)N[C@@H](CC2CC2)C(=O)NC(Cc2ccccc2)C(=O)C(=O)NC2CC2)c1. The second-order valence-corrected chi connectivity index (χ2v) is 35.5. The van der Waals surface area contributed by atoms with Crippen LogP contribution < -0.4 is 82.9 Å². The van der Waals surface area contributed by atoms with Gasteiger partial charge in [-0.15, -0.1) is 0 Å². The molecule has 0 aromatic heterocycles. The van der Waals surface area contributed by atoms with E-state index < -0.39 is 142 Å². The molecule has 5 fully saturated rings. The van der Waals surface area contributed by atoms with E-state index in [0.29, 0.717) is 76.4 Å². The number of ketones is 4. The minimum absolute atomic E-state index is 0.0232. The molecule has 0 radical (unpaired) electrons. The molecule has 13 rings (SSSR count). The van der Waals surface area contributed by atoms with E-state index in [4.69, 9.17) is 18.9 Å². The van der Waals surface area contributed by atoms with E-state index >= 15 is 0 Å². The van der Waals surface area contributed by atoms with Crippen molar-refractivity contribution in [3.8, 4) is 23.0 Å². The first-order valence-corrected chi connectivity index (χ1v) is 46.5. The van der Waals surface area contributed by atoms with Crippen molar-refractivity contribution in [2.24, 2.45) is 23.7 Å². The third-order valence-corrected chi connectivity index (χ3v) is 23.2. The maximum Gasteiger partial charge on any atom is 0.313 e. The predicted octanol–water partition coefficient (Wildman–Crippen LogP) is 8.18. The molecule has 8 aromatic rings. The number of ether oxygens (including phenoxy) is 4. The lowest BCUT2D eigenvalue weighted by Gasteiger charge is -2.25. The van der Waals surface area contributed by atoms with Gasteiger partial charge in [0.2, 0.25) is 46.8 Å². The first-order valence-electron chi connectivity index (χ1n) is 46.5. The fraction of sp³-hybridized carbons (Fsp3) is 0.390. The lowest BCUT2D eigenvalue weighted by Crippen LogP contribution is -2.56. The molecule has 12 amide bonds. The molecule has 0 bridgehead atoms. The normalized spacial score (nSPS) is 15.0. The van der Waals surface area contributed by atoms with Crippen molar-refractivity contribution in [3.05, 3.63) is 263 Å². The molecule has 33 heteroatoms. The molecule has 138 heavy (non-hydrogen) atoms. The Morgan fingerprint density at radius 3 is 0.797 bits per heavy atom. The highest BCUT2D eigenvalue weighted by atomic mass is 16.6. The summed E-state index contributed by atoms with van der Waals surface area (Å²) in [6, 6.07) is 55.5. The van der Waals surface area contributed by atoms with Crippen molar-refractivity contribution in [2.45, 2.75) is 203 Å². The number of amides is 12. The highest BCUT2D eigenvalue weighted by Gasteiger charge is 2.41. The maximum absolute atomic E-state index is 13.3. The van der Waals surface area contributed by atoms with Crippen molar-refractivity contribution in [2.75, 3.05) is 35.5 Å². The Morgan fingerprint density at radius 1 is 0.283 bits per heavy atom. The van der Waals surface area contributed by atoms with Crippen molar-refractivity contribution >= 4 is 94.0 Å². The lowest BCUT2D eigenvalue weighted by atomic mass is 9.98. The van der Waals surface area contributed by atoms with Gasteiger partial charge < -0.3 is 77.4 Å². The molecule has 730 valence electrons. The first kappa shape index (κ1) is 105. The van der Waals surface area contributed by atoms with Crippen LogP contribution in [0.25, 0.3) is 0 Å². The van der Waals surface area contributed by atoms with Gasteiger partial charge in [-0.1, -0.05) is 199 Å². The summed E-state index contributed by atoms with van der Waals surface area (Å²) >= 11 is 0. The van der Waals surface area contributed by atoms with E-state index in [1.165, 1.54) is 35.5 Å². The van der Waals surface area contributed by atoms with Crippen LogP contribution in [0.1, 0.15) is 175 Å². The molecule has 5 saturated carbocycles. The van der Waals surface area contributed by atoms with Gasteiger partial charge in [0.1, 0.15) is 71.3 Å². The van der Waals surface area contributed by atoms with Gasteiger partial charge in [0.15, 0.2) is 0 Å². The Kier molecular flexibility index (Phi) is 40.4. The van der Waals surface area contributed by atoms with E-state index in [1.807, 2.05) is 116 Å². The predicted molar refractivity (Wildman–Crippen MR) is 513 cm³/mol. The summed E-state index contributed by atoms with van der Waals surface area (Å²) in [5.74, 6) is -7.11. The fourth-order valence-corrected chi connectivity index (χ4v) is 14.6. The number of nitrogens with one attached hydrogen (secondary N) is 12. The van der Waals surface area contributed by atoms with Gasteiger partial charge in [-0.25, -0.2) is 5.48 Å². The Hall–Kier alpha value is -14.8. The van der Waals surface area contributed by atoms with E-state index in [-0.39, 0.29) is 55.6 Å². The van der Waals surface area contributed by atoms with Crippen LogP contribution in [0.3, 0.4) is 0 Å². The third-order valence-electron chi connectivity index (χ3n) is 23.2. The number of hydrogen-bond acceptors (Lipinski definition) is 21. The number of hydrogen-bond donors (Lipinski definition) is 12. The largest absolute Gasteiger partial charge is 0.497 e. The second kappa shape index (κ2) is 52.9. The summed E-state index contributed by atoms with van der Waals surface area (Å²) in [7, 11) is 7.25. The molecule has 8 atom stereocenters. The zero-order chi connectivity index (χ0) is 99.3. The summed E-state index contributed by atoms with van der Waals surface area (Å²) in [5, 5.41) is 30.1. The van der Waals surface area contributed by atoms with Crippen LogP contribution >= 0.6 is 0 Å². The summed E-state index contributed by atoms with van der Waals surface area (Å²) in [4.78, 5) is 210. The van der Waals surface area contributed by atoms with Crippen LogP contribution in [0.5, 0.6) is 23.0 Å². The number of carbonyl (C=O) groups is 16. The highest BCUT2D eigenvalue weighted by molar-refractivity contribution is 6.40.